The fourth-order valence-electron chi connectivity index (χ4n) is 2.68. The lowest BCUT2D eigenvalue weighted by atomic mass is 10.1. The third-order valence-corrected chi connectivity index (χ3v) is 7.71. The molecule has 0 unspecified atom stereocenters. The highest BCUT2D eigenvalue weighted by atomic mass is 32.2. The van der Waals surface area contributed by atoms with Gasteiger partial charge in [0.05, 0.1) is 9.80 Å². The molecule has 0 spiro atoms. The first-order valence-corrected chi connectivity index (χ1v) is 11.4. The summed E-state index contributed by atoms with van der Waals surface area (Å²) in [7, 11) is -4.13. The van der Waals surface area contributed by atoms with Crippen LogP contribution in [0.1, 0.15) is 20.7 Å². The first-order valence-electron chi connectivity index (χ1n) is 7.54. The van der Waals surface area contributed by atoms with Crippen molar-refractivity contribution in [2.45, 2.75) is 4.90 Å². The third kappa shape index (κ3) is 2.98. The monoisotopic (exact) mass is 405 g/mol. The number of sulfonamides is 1. The molecule has 0 radical (unpaired) electrons. The van der Waals surface area contributed by atoms with Crippen molar-refractivity contribution in [1.82, 2.24) is 4.31 Å². The number of ketones is 1. The molecule has 0 aliphatic carbocycles. The largest absolute Gasteiger partial charge is 0.287 e. The van der Waals surface area contributed by atoms with Crippen molar-refractivity contribution in [1.29, 1.82) is 0 Å². The van der Waals surface area contributed by atoms with Gasteiger partial charge in [-0.2, -0.15) is 4.31 Å². The molecule has 26 heavy (non-hydrogen) atoms. The van der Waals surface area contributed by atoms with Crippen molar-refractivity contribution in [2.75, 3.05) is 12.5 Å². The number of hydrogen-bond acceptors (Lipinski definition) is 6. The van der Waals surface area contributed by atoms with Gasteiger partial charge in [0.25, 0.3) is 15.9 Å². The highest BCUT2D eigenvalue weighted by molar-refractivity contribution is 8.21. The maximum absolute atomic E-state index is 13.1. The summed E-state index contributed by atoms with van der Waals surface area (Å²) >= 11 is 2.47. The molecule has 2 aromatic carbocycles. The lowest BCUT2D eigenvalue weighted by Gasteiger charge is -2.20. The van der Waals surface area contributed by atoms with Gasteiger partial charge in [-0.15, -0.1) is 23.5 Å². The number of carbonyl (C=O) groups excluding carboxylic acids is 2. The summed E-state index contributed by atoms with van der Waals surface area (Å²) in [5.41, 5.74) is 0.270. The molecular formula is C18H15NO4S3. The highest BCUT2D eigenvalue weighted by Crippen LogP contribution is 2.39. The van der Waals surface area contributed by atoms with E-state index in [0.717, 1.165) is 0 Å². The predicted octanol–water partition coefficient (Wildman–Crippen LogP) is 3.61. The molecule has 0 saturated carbocycles. The third-order valence-electron chi connectivity index (χ3n) is 3.84. The minimum atomic E-state index is -4.13. The topological polar surface area (TPSA) is 71.5 Å². The Balaban J connectivity index is 2.24. The molecule has 5 nitrogen and oxygen atoms in total. The van der Waals surface area contributed by atoms with Crippen LogP contribution in [-0.2, 0) is 10.0 Å². The van der Waals surface area contributed by atoms with Crippen molar-refractivity contribution in [3.05, 3.63) is 75.7 Å². The van der Waals surface area contributed by atoms with Crippen LogP contribution in [0.4, 0.5) is 0 Å². The molecule has 0 aromatic heterocycles. The van der Waals surface area contributed by atoms with Crippen LogP contribution in [0, 0.1) is 0 Å². The van der Waals surface area contributed by atoms with E-state index in [1.54, 1.807) is 55.0 Å². The number of thioether (sulfide) groups is 2. The van der Waals surface area contributed by atoms with Crippen LogP contribution in [-0.4, -0.2) is 36.9 Å². The molecule has 1 aliphatic rings. The van der Waals surface area contributed by atoms with Crippen LogP contribution in [0.25, 0.3) is 0 Å². The Bertz CT molecular complexity index is 1010. The Morgan fingerprint density at radius 2 is 1.50 bits per heavy atom. The zero-order valence-corrected chi connectivity index (χ0v) is 16.5. The quantitative estimate of drug-likeness (QED) is 0.559. The molecular weight excluding hydrogens is 390 g/mol. The van der Waals surface area contributed by atoms with Crippen molar-refractivity contribution in [2.24, 2.45) is 0 Å². The fraction of sp³-hybridized carbons (Fsp3) is 0.111. The first-order chi connectivity index (χ1) is 12.4. The number of rotatable bonds is 5. The second kappa shape index (κ2) is 7.30. The second-order valence-corrected chi connectivity index (χ2v) is 8.96. The minimum Gasteiger partial charge on any atom is -0.287 e. The minimum absolute atomic E-state index is 0.0763. The predicted molar refractivity (Wildman–Crippen MR) is 105 cm³/mol. The van der Waals surface area contributed by atoms with Crippen LogP contribution in [0.15, 0.2) is 69.4 Å². The van der Waals surface area contributed by atoms with Gasteiger partial charge >= 0.3 is 0 Å². The smallest absolute Gasteiger partial charge is 0.273 e. The van der Waals surface area contributed by atoms with Crippen molar-refractivity contribution >= 4 is 45.2 Å². The number of amides is 1. The number of carbonyl (C=O) groups is 2. The van der Waals surface area contributed by atoms with Gasteiger partial charge < -0.3 is 0 Å². The molecule has 8 heteroatoms. The van der Waals surface area contributed by atoms with Gasteiger partial charge in [0.15, 0.2) is 0 Å². The van der Waals surface area contributed by atoms with Gasteiger partial charge in [0.2, 0.25) is 5.78 Å². The summed E-state index contributed by atoms with van der Waals surface area (Å²) in [6.07, 6.45) is 3.48. The molecule has 2 aromatic rings. The average molecular weight is 406 g/mol. The molecule has 0 bridgehead atoms. The van der Waals surface area contributed by atoms with E-state index in [1.165, 1.54) is 35.7 Å². The molecule has 0 N–H and O–H groups in total. The van der Waals surface area contributed by atoms with Gasteiger partial charge in [-0.25, -0.2) is 8.42 Å². The van der Waals surface area contributed by atoms with E-state index >= 15 is 0 Å². The van der Waals surface area contributed by atoms with E-state index in [-0.39, 0.29) is 16.2 Å². The lowest BCUT2D eigenvalue weighted by Crippen LogP contribution is -2.34. The number of Topliss-reactive ketones (excluding diaryl/α,β-unsaturated/α-hetero) is 1. The zero-order valence-electron chi connectivity index (χ0n) is 14.0. The molecule has 3 rings (SSSR count). The average Bonchev–Trinajstić information content (AvgIpc) is 2.86. The van der Waals surface area contributed by atoms with Crippen LogP contribution in [0.5, 0.6) is 0 Å². The maximum atomic E-state index is 13.1. The molecule has 1 aliphatic heterocycles. The van der Waals surface area contributed by atoms with Crippen LogP contribution in [0.2, 0.25) is 0 Å². The van der Waals surface area contributed by atoms with Gasteiger partial charge in [-0.3, -0.25) is 9.59 Å². The van der Waals surface area contributed by atoms with Gasteiger partial charge in [0, 0.05) is 5.56 Å². The Hall–Kier alpha value is -2.03. The normalized spacial score (nSPS) is 14.8. The van der Waals surface area contributed by atoms with Crippen molar-refractivity contribution in [3.63, 3.8) is 0 Å². The summed E-state index contributed by atoms with van der Waals surface area (Å²) in [6, 6.07) is 14.3. The highest BCUT2D eigenvalue weighted by Gasteiger charge is 2.46. The molecule has 0 fully saturated rings. The van der Waals surface area contributed by atoms with Gasteiger partial charge in [-0.05, 0) is 24.6 Å². The fourth-order valence-corrected chi connectivity index (χ4v) is 5.83. The second-order valence-electron chi connectivity index (χ2n) is 5.31. The lowest BCUT2D eigenvalue weighted by molar-refractivity contribution is 0.0862. The number of hydrogen-bond donors (Lipinski definition) is 0. The number of benzene rings is 2. The van der Waals surface area contributed by atoms with Crippen molar-refractivity contribution < 1.29 is 18.0 Å². The van der Waals surface area contributed by atoms with E-state index < -0.39 is 21.7 Å². The van der Waals surface area contributed by atoms with Gasteiger partial charge in [-0.1, -0.05) is 42.5 Å². The van der Waals surface area contributed by atoms with Crippen LogP contribution < -0.4 is 0 Å². The Labute approximate surface area is 160 Å². The molecule has 1 heterocycles. The standard InChI is InChI=1S/C18H15NO4S3/c1-24-18(25-2)15(16(20)12-8-4-3-5-9-12)19-17(21)13-10-6-7-11-14(13)26(19,22)23/h3-11H,1-2H3. The maximum Gasteiger partial charge on any atom is 0.273 e. The summed E-state index contributed by atoms with van der Waals surface area (Å²) in [4.78, 5) is 25.9. The SMILES string of the molecule is CSC(SC)=C(C(=O)c1ccccc1)N1C(=O)c2ccccc2S1(=O)=O. The number of nitrogens with zero attached hydrogens (tertiary/aromatic N) is 1. The molecule has 1 amide bonds. The summed E-state index contributed by atoms with van der Waals surface area (Å²) in [5, 5.41) is 0. The van der Waals surface area contributed by atoms with E-state index in [4.69, 9.17) is 0 Å². The summed E-state index contributed by atoms with van der Waals surface area (Å²) in [5.74, 6) is -1.21. The van der Waals surface area contributed by atoms with Crippen molar-refractivity contribution in [3.8, 4) is 0 Å². The first kappa shape index (κ1) is 18.8. The van der Waals surface area contributed by atoms with Crippen LogP contribution in [0.3, 0.4) is 0 Å². The molecule has 134 valence electrons. The zero-order chi connectivity index (χ0) is 18.9. The van der Waals surface area contributed by atoms with E-state index in [2.05, 4.69) is 0 Å². The number of allylic oxidation sites excluding steroid dienone is 1. The molecule has 0 atom stereocenters. The Morgan fingerprint density at radius 3 is 2.08 bits per heavy atom. The van der Waals surface area contributed by atoms with Gasteiger partial charge in [0.1, 0.15) is 10.6 Å². The molecule has 0 saturated heterocycles. The van der Waals surface area contributed by atoms with E-state index in [9.17, 15) is 18.0 Å². The summed E-state index contributed by atoms with van der Waals surface area (Å²) < 4.78 is 27.1. The van der Waals surface area contributed by atoms with E-state index in [0.29, 0.717) is 14.1 Å². The summed E-state index contributed by atoms with van der Waals surface area (Å²) in [6.45, 7) is 0. The number of fused-ring (bicyclic) bond motifs is 1. The van der Waals surface area contributed by atoms with Crippen LogP contribution >= 0.6 is 23.5 Å². The Kier molecular flexibility index (Phi) is 5.27. The van der Waals surface area contributed by atoms with E-state index in [1.807, 2.05) is 0 Å². The Morgan fingerprint density at radius 1 is 0.923 bits per heavy atom.